The molecule has 1 unspecified atom stereocenters. The molecule has 1 nitrogen and oxygen atoms in total. The lowest BCUT2D eigenvalue weighted by molar-refractivity contribution is 1.59. The molecule has 0 radical (unpaired) electrons. The smallest absolute Gasteiger partial charge is 0.244 e. The normalized spacial score (nSPS) is 14.6. The van der Waals surface area contributed by atoms with Crippen LogP contribution in [0.15, 0.2) is 28.4 Å². The predicted octanol–water partition coefficient (Wildman–Crippen LogP) is 1.37. The second kappa shape index (κ2) is 5.43. The fraction of sp³-hybridized carbons (Fsp3) is 0.286. The Labute approximate surface area is 65.5 Å². The van der Waals surface area contributed by atoms with E-state index in [0.29, 0.717) is 0 Å². The molecule has 0 bridgehead atoms. The highest BCUT2D eigenvalue weighted by atomic mass is 31.1. The lowest BCUT2D eigenvalue weighted by Crippen LogP contribution is -1.80. The van der Waals surface area contributed by atoms with Crippen LogP contribution in [0, 0.1) is 0 Å². The summed E-state index contributed by atoms with van der Waals surface area (Å²) in [5, 5.41) is 1.30. The Kier molecular flexibility index (Phi) is 5.24. The Balaban J connectivity index is 4.42. The maximum absolute atomic E-state index is 3.93. The van der Waals surface area contributed by atoms with Gasteiger partial charge in [-0.15, -0.1) is 0 Å². The van der Waals surface area contributed by atoms with Gasteiger partial charge >= 0.3 is 0 Å². The van der Waals surface area contributed by atoms with Gasteiger partial charge in [0.25, 0.3) is 0 Å². The van der Waals surface area contributed by atoms with E-state index in [4.69, 9.17) is 0 Å². The maximum Gasteiger partial charge on any atom is 0.244 e. The van der Waals surface area contributed by atoms with E-state index in [-0.39, 0.29) is 0 Å². The monoisotopic (exact) mass is 153 g/mol. The zero-order chi connectivity index (χ0) is 7.98. The van der Waals surface area contributed by atoms with Crippen molar-refractivity contribution in [3.63, 3.8) is 0 Å². The van der Waals surface area contributed by atoms with Crippen molar-refractivity contribution in [3.05, 3.63) is 23.5 Å². The van der Waals surface area contributed by atoms with Crippen molar-refractivity contribution >= 4 is 22.8 Å². The highest BCUT2D eigenvalue weighted by Crippen LogP contribution is 2.22. The van der Waals surface area contributed by atoms with Crippen molar-refractivity contribution in [3.8, 4) is 0 Å². The lowest BCUT2D eigenvalue weighted by atomic mass is 10.3. The molecule has 0 aromatic rings. The molecule has 10 heavy (non-hydrogen) atoms. The minimum Gasteiger partial charge on any atom is -0.358 e. The molecule has 0 N–H and O–H groups in total. The van der Waals surface area contributed by atoms with Gasteiger partial charge in [-0.2, -0.15) is 0 Å². The van der Waals surface area contributed by atoms with Crippen LogP contribution in [0.25, 0.3) is 0 Å². The van der Waals surface area contributed by atoms with Gasteiger partial charge in [-0.25, -0.2) is 0 Å². The largest absolute Gasteiger partial charge is 0.358 e. The minimum atomic E-state index is 0.809. The van der Waals surface area contributed by atoms with E-state index in [1.54, 1.807) is 7.98 Å². The Hall–Kier alpha value is -0.355. The van der Waals surface area contributed by atoms with E-state index in [2.05, 4.69) is 25.1 Å². The Bertz CT molecular complexity index is 172. The molecule has 0 aromatic carbocycles. The van der Waals surface area contributed by atoms with Crippen molar-refractivity contribution < 1.29 is 0 Å². The van der Waals surface area contributed by atoms with Gasteiger partial charge in [0.05, 0.1) is 0 Å². The van der Waals surface area contributed by atoms with Gasteiger partial charge in [0.2, 0.25) is 7.98 Å². The summed E-state index contributed by atoms with van der Waals surface area (Å²) in [7, 11) is 2.59. The number of allylic oxidation sites excluding steroid dienone is 3. The average molecular weight is 153 g/mol. The first-order valence-electron chi connectivity index (χ1n) is 3.19. The lowest BCUT2D eigenvalue weighted by Gasteiger charge is -1.98. The van der Waals surface area contributed by atoms with Crippen molar-refractivity contribution in [1.82, 2.24) is 0 Å². The number of rotatable bonds is 3. The second-order valence-corrected chi connectivity index (χ2v) is 2.98. The summed E-state index contributed by atoms with van der Waals surface area (Å²) in [6, 6.07) is 0. The third-order valence-corrected chi connectivity index (χ3v) is 2.36. The van der Waals surface area contributed by atoms with Crippen molar-refractivity contribution in [2.75, 3.05) is 6.66 Å². The predicted molar refractivity (Wildman–Crippen MR) is 54.2 cm³/mol. The standard InChI is InChI=1S/C7H13BNP/c1-4-7(10-3)6(2)5-9-8/h4-5,10H,1,8H2,2-3H3/b7-6+,9-5-. The zero-order valence-electron chi connectivity index (χ0n) is 6.81. The Morgan fingerprint density at radius 2 is 2.30 bits per heavy atom. The molecule has 0 saturated carbocycles. The van der Waals surface area contributed by atoms with Crippen LogP contribution in [-0.4, -0.2) is 20.9 Å². The molecule has 54 valence electrons. The number of hydrogen-bond donors (Lipinski definition) is 0. The van der Waals surface area contributed by atoms with Crippen molar-refractivity contribution in [2.24, 2.45) is 4.90 Å². The van der Waals surface area contributed by atoms with E-state index in [9.17, 15) is 0 Å². The molecule has 0 rings (SSSR count). The summed E-state index contributed by atoms with van der Waals surface area (Å²) in [5.41, 5.74) is 1.22. The van der Waals surface area contributed by atoms with Crippen LogP contribution in [0.5, 0.6) is 0 Å². The first kappa shape index (κ1) is 9.64. The van der Waals surface area contributed by atoms with Crippen LogP contribution in [0.4, 0.5) is 0 Å². The van der Waals surface area contributed by atoms with Crippen molar-refractivity contribution in [1.29, 1.82) is 0 Å². The average Bonchev–Trinajstić information content (AvgIpc) is 1.91. The molecule has 0 aliphatic carbocycles. The molecule has 3 heteroatoms. The van der Waals surface area contributed by atoms with Gasteiger partial charge in [-0.05, 0) is 24.5 Å². The summed E-state index contributed by atoms with van der Waals surface area (Å²) in [5.74, 6) is 0. The van der Waals surface area contributed by atoms with Crippen LogP contribution < -0.4 is 0 Å². The molecular formula is C7H13BNP. The van der Waals surface area contributed by atoms with E-state index in [1.807, 2.05) is 12.3 Å². The zero-order valence-corrected chi connectivity index (χ0v) is 7.81. The van der Waals surface area contributed by atoms with Gasteiger partial charge in [0, 0.05) is 6.21 Å². The third-order valence-electron chi connectivity index (χ3n) is 1.22. The summed E-state index contributed by atoms with van der Waals surface area (Å²) >= 11 is 0. The van der Waals surface area contributed by atoms with E-state index >= 15 is 0 Å². The topological polar surface area (TPSA) is 12.4 Å². The van der Waals surface area contributed by atoms with E-state index in [1.165, 1.54) is 10.9 Å². The van der Waals surface area contributed by atoms with Gasteiger partial charge in [0.1, 0.15) is 0 Å². The molecule has 0 aliphatic rings. The van der Waals surface area contributed by atoms with Gasteiger partial charge < -0.3 is 4.90 Å². The number of hydrogen-bond acceptors (Lipinski definition) is 1. The van der Waals surface area contributed by atoms with Crippen LogP contribution in [-0.2, 0) is 0 Å². The summed E-state index contributed by atoms with van der Waals surface area (Å²) in [6.45, 7) is 7.92. The summed E-state index contributed by atoms with van der Waals surface area (Å²) in [6.07, 6.45) is 3.77. The van der Waals surface area contributed by atoms with Gasteiger partial charge in [-0.1, -0.05) is 21.2 Å². The molecule has 0 saturated heterocycles. The third kappa shape index (κ3) is 2.98. The first-order chi connectivity index (χ1) is 4.76. The summed E-state index contributed by atoms with van der Waals surface area (Å²) in [4.78, 5) is 3.93. The highest BCUT2D eigenvalue weighted by Gasteiger charge is 1.90. The highest BCUT2D eigenvalue weighted by molar-refractivity contribution is 7.42. The molecule has 0 amide bonds. The van der Waals surface area contributed by atoms with Crippen LogP contribution in [0.2, 0.25) is 0 Å². The van der Waals surface area contributed by atoms with E-state index < -0.39 is 0 Å². The van der Waals surface area contributed by atoms with Crippen LogP contribution >= 0.6 is 8.58 Å². The minimum absolute atomic E-state index is 0.809. The first-order valence-corrected chi connectivity index (χ1v) is 4.69. The second-order valence-electron chi connectivity index (χ2n) is 1.94. The van der Waals surface area contributed by atoms with Crippen molar-refractivity contribution in [2.45, 2.75) is 6.92 Å². The number of nitrogens with zero attached hydrogens (tertiary/aromatic N) is 1. The fourth-order valence-electron chi connectivity index (χ4n) is 0.723. The summed E-state index contributed by atoms with van der Waals surface area (Å²) < 4.78 is 0. The quantitative estimate of drug-likeness (QED) is 0.251. The van der Waals surface area contributed by atoms with E-state index in [0.717, 1.165) is 8.58 Å². The molecule has 0 aromatic heterocycles. The molecular weight excluding hydrogens is 140 g/mol. The Morgan fingerprint density at radius 3 is 2.60 bits per heavy atom. The fourth-order valence-corrected chi connectivity index (χ4v) is 1.39. The van der Waals surface area contributed by atoms with Gasteiger partial charge in [-0.3, -0.25) is 0 Å². The maximum atomic E-state index is 3.93. The van der Waals surface area contributed by atoms with Gasteiger partial charge in [0.15, 0.2) is 0 Å². The van der Waals surface area contributed by atoms with Crippen LogP contribution in [0.1, 0.15) is 6.92 Å². The molecule has 0 heterocycles. The molecule has 0 fully saturated rings. The molecule has 0 spiro atoms. The van der Waals surface area contributed by atoms with Crippen LogP contribution in [0.3, 0.4) is 0 Å². The molecule has 1 atom stereocenters. The SMILES string of the molecule is B/N=C\C(C)=C(/C=C)PC. The Morgan fingerprint density at radius 1 is 1.70 bits per heavy atom. The molecule has 0 aliphatic heterocycles.